The summed E-state index contributed by atoms with van der Waals surface area (Å²) in [7, 11) is 1.45. The Bertz CT molecular complexity index is 1590. The highest BCUT2D eigenvalue weighted by Gasteiger charge is 2.43. The third-order valence-electron chi connectivity index (χ3n) is 11.7. The Morgan fingerprint density at radius 1 is 0.803 bits per heavy atom. The predicted molar refractivity (Wildman–Crippen MR) is 228 cm³/mol. The third-order valence-corrected chi connectivity index (χ3v) is 11.7. The summed E-state index contributed by atoms with van der Waals surface area (Å²) in [6.45, 7) is 17.9. The molecule has 0 aromatic heterocycles. The fourth-order valence-corrected chi connectivity index (χ4v) is 8.86. The Labute approximate surface area is 363 Å². The van der Waals surface area contributed by atoms with E-state index < -0.39 is 71.8 Å². The van der Waals surface area contributed by atoms with E-state index in [9.17, 15) is 24.0 Å². The highest BCUT2D eigenvalue weighted by molar-refractivity contribution is 5.82. The Kier molecular flexibility index (Phi) is 18.2. The van der Waals surface area contributed by atoms with Crippen LogP contribution in [-0.2, 0) is 42.8 Å². The van der Waals surface area contributed by atoms with Gasteiger partial charge >= 0.3 is 30.1 Å². The summed E-state index contributed by atoms with van der Waals surface area (Å²) in [5.74, 6) is -0.754. The van der Waals surface area contributed by atoms with Crippen LogP contribution in [0, 0.1) is 29.6 Å². The van der Waals surface area contributed by atoms with Gasteiger partial charge in [-0.1, -0.05) is 64.7 Å². The first-order chi connectivity index (χ1) is 28.6. The van der Waals surface area contributed by atoms with E-state index in [1.165, 1.54) is 12.0 Å². The Morgan fingerprint density at radius 2 is 1.44 bits per heavy atom. The summed E-state index contributed by atoms with van der Waals surface area (Å²) in [4.78, 5) is 68.2. The highest BCUT2D eigenvalue weighted by atomic mass is 16.6. The van der Waals surface area contributed by atoms with Crippen LogP contribution in [-0.4, -0.2) is 96.5 Å². The van der Waals surface area contributed by atoms with E-state index in [0.29, 0.717) is 44.3 Å². The lowest BCUT2D eigenvalue weighted by molar-refractivity contribution is -0.176. The number of hydrogen-bond donors (Lipinski definition) is 1. The number of nitrogens with one attached hydrogen (secondary N) is 1. The number of rotatable bonds is 12. The minimum atomic E-state index is -0.948. The van der Waals surface area contributed by atoms with Gasteiger partial charge in [-0.25, -0.2) is 19.2 Å². The number of amides is 2. The Balaban J connectivity index is 1.54. The van der Waals surface area contributed by atoms with Gasteiger partial charge in [0, 0.05) is 7.11 Å². The molecular formula is C47H74N2O12. The topological polar surface area (TPSA) is 165 Å². The molecule has 1 aliphatic carbocycles. The molecule has 1 aromatic carbocycles. The number of cyclic esters (lactones) is 2. The lowest BCUT2D eigenvalue weighted by Crippen LogP contribution is -2.49. The molecule has 14 nitrogen and oxygen atoms in total. The lowest BCUT2D eigenvalue weighted by atomic mass is 9.83. The van der Waals surface area contributed by atoms with Crippen LogP contribution >= 0.6 is 0 Å². The first-order valence-electron chi connectivity index (χ1n) is 22.4. The second kappa shape index (κ2) is 22.3. The van der Waals surface area contributed by atoms with Crippen molar-refractivity contribution in [1.29, 1.82) is 0 Å². The second-order valence-corrected chi connectivity index (χ2v) is 19.8. The molecule has 344 valence electrons. The van der Waals surface area contributed by atoms with Gasteiger partial charge in [-0.2, -0.15) is 0 Å². The van der Waals surface area contributed by atoms with Gasteiger partial charge in [-0.3, -0.25) is 9.69 Å². The molecule has 0 radical (unpaired) electrons. The van der Waals surface area contributed by atoms with Crippen LogP contribution in [0.15, 0.2) is 30.3 Å². The molecule has 10 unspecified atom stereocenters. The molecule has 2 amide bonds. The summed E-state index contributed by atoms with van der Waals surface area (Å²) in [5, 5.41) is 2.77. The number of carbonyl (C=O) groups is 5. The van der Waals surface area contributed by atoms with Gasteiger partial charge in [0.2, 0.25) is 0 Å². The summed E-state index contributed by atoms with van der Waals surface area (Å²) < 4.78 is 41.7. The number of alkyl carbamates (subject to hydrolysis) is 1. The Morgan fingerprint density at radius 3 is 2.07 bits per heavy atom. The quantitative estimate of drug-likeness (QED) is 0.121. The van der Waals surface area contributed by atoms with Crippen molar-refractivity contribution in [2.24, 2.45) is 29.6 Å². The number of ether oxygens (including phenoxy) is 7. The van der Waals surface area contributed by atoms with Crippen LogP contribution in [0.4, 0.5) is 9.59 Å². The maximum Gasteiger partial charge on any atom is 0.412 e. The van der Waals surface area contributed by atoms with E-state index in [0.717, 1.165) is 32.1 Å². The van der Waals surface area contributed by atoms with E-state index in [1.54, 1.807) is 62.3 Å². The zero-order chi connectivity index (χ0) is 45.1. The molecule has 3 fully saturated rings. The van der Waals surface area contributed by atoms with Crippen molar-refractivity contribution in [3.8, 4) is 5.75 Å². The van der Waals surface area contributed by atoms with Gasteiger partial charge in [-0.05, 0) is 129 Å². The van der Waals surface area contributed by atoms with Gasteiger partial charge in [0.05, 0.1) is 5.92 Å². The van der Waals surface area contributed by atoms with Gasteiger partial charge < -0.3 is 38.5 Å². The average Bonchev–Trinajstić information content (AvgIpc) is 3.62. The summed E-state index contributed by atoms with van der Waals surface area (Å²) >= 11 is 0. The maximum atomic E-state index is 13.9. The van der Waals surface area contributed by atoms with Gasteiger partial charge in [-0.15, -0.1) is 0 Å². The number of benzene rings is 1. The summed E-state index contributed by atoms with van der Waals surface area (Å²) in [5.41, 5.74) is -1.51. The highest BCUT2D eigenvalue weighted by Crippen LogP contribution is 2.42. The van der Waals surface area contributed by atoms with E-state index in [4.69, 9.17) is 33.2 Å². The minimum Gasteiger partial charge on any atom is -0.486 e. The van der Waals surface area contributed by atoms with Crippen molar-refractivity contribution in [2.75, 3.05) is 13.8 Å². The average molecular weight is 859 g/mol. The molecule has 4 rings (SSSR count). The Hall–Kier alpha value is -4.07. The normalized spacial score (nSPS) is 29.2. The number of nitrogens with zero attached hydrogens (tertiary/aromatic N) is 1. The van der Waals surface area contributed by atoms with E-state index in [-0.39, 0.29) is 42.3 Å². The number of methoxy groups -OCH3 is 1. The fourth-order valence-electron chi connectivity index (χ4n) is 8.86. The molecule has 3 aliphatic rings. The van der Waals surface area contributed by atoms with Crippen molar-refractivity contribution in [1.82, 2.24) is 10.2 Å². The molecule has 1 aromatic rings. The van der Waals surface area contributed by atoms with Crippen LogP contribution in [0.3, 0.4) is 0 Å². The lowest BCUT2D eigenvalue weighted by Gasteiger charge is -2.34. The predicted octanol–water partition coefficient (Wildman–Crippen LogP) is 8.76. The van der Waals surface area contributed by atoms with Crippen LogP contribution in [0.25, 0.3) is 0 Å². The summed E-state index contributed by atoms with van der Waals surface area (Å²) in [6.07, 6.45) is 3.61. The van der Waals surface area contributed by atoms with Crippen LogP contribution < -0.4 is 10.1 Å². The SMILES string of the molecule is COCN(C(=O)OC(C)(C)C)C1CCCC(CC2CCC(CC3OC(=O)C(NC(=O)OC(C)(C)C)CCCC(C)C3Oc3ccccc3)C2)C(OC(=O)C(C)C)C(C)OC1=O. The van der Waals surface area contributed by atoms with Crippen molar-refractivity contribution < 1.29 is 57.1 Å². The standard InChI is InChI=1S/C47H74N2O12/c1-29(2)41(50)59-40-31(4)56-43(52)37(49(28-55-11)45(54)61-47(8,9)10)22-16-18-34(40)26-32-23-24-33(25-32)27-38-39(57-35-19-13-12-14-20-35)30(3)17-15-21-36(42(51)58-38)48-44(53)60-46(5,6)7/h12-14,19-20,29-34,36-40H,15-18,21-28H2,1-11H3,(H,48,53). The zero-order valence-electron chi connectivity index (χ0n) is 38.6. The number of esters is 3. The first kappa shape index (κ1) is 49.6. The second-order valence-electron chi connectivity index (χ2n) is 19.8. The maximum absolute atomic E-state index is 13.9. The molecule has 2 aliphatic heterocycles. The van der Waals surface area contributed by atoms with Crippen molar-refractivity contribution >= 4 is 30.1 Å². The summed E-state index contributed by atoms with van der Waals surface area (Å²) in [6, 6.07) is 7.77. The molecule has 14 heteroatoms. The monoisotopic (exact) mass is 859 g/mol. The van der Waals surface area contributed by atoms with E-state index in [1.807, 2.05) is 30.3 Å². The van der Waals surface area contributed by atoms with Crippen molar-refractivity contribution in [3.05, 3.63) is 30.3 Å². The minimum absolute atomic E-state index is 0.0499. The fraction of sp³-hybridized carbons (Fsp3) is 0.766. The molecule has 61 heavy (non-hydrogen) atoms. The number of para-hydroxylation sites is 1. The van der Waals surface area contributed by atoms with Gasteiger partial charge in [0.15, 0.2) is 0 Å². The van der Waals surface area contributed by atoms with Crippen molar-refractivity contribution in [2.45, 2.75) is 188 Å². The molecule has 0 bridgehead atoms. The van der Waals surface area contributed by atoms with E-state index >= 15 is 0 Å². The largest absolute Gasteiger partial charge is 0.486 e. The van der Waals surface area contributed by atoms with Crippen molar-refractivity contribution in [3.63, 3.8) is 0 Å². The molecule has 2 heterocycles. The molecule has 1 saturated carbocycles. The molecule has 1 N–H and O–H groups in total. The van der Waals surface area contributed by atoms with Gasteiger partial charge in [0.25, 0.3) is 0 Å². The molecular weight excluding hydrogens is 785 g/mol. The third kappa shape index (κ3) is 15.7. The molecule has 2 saturated heterocycles. The first-order valence-corrected chi connectivity index (χ1v) is 22.4. The molecule has 10 atom stereocenters. The van der Waals surface area contributed by atoms with Gasteiger partial charge in [0.1, 0.15) is 60.2 Å². The van der Waals surface area contributed by atoms with E-state index in [2.05, 4.69) is 12.2 Å². The van der Waals surface area contributed by atoms with Crippen LogP contribution in [0.1, 0.15) is 140 Å². The van der Waals surface area contributed by atoms with Crippen LogP contribution in [0.2, 0.25) is 0 Å². The molecule has 0 spiro atoms. The number of carbonyl (C=O) groups excluding carboxylic acids is 5. The number of hydrogen-bond acceptors (Lipinski definition) is 12. The zero-order valence-corrected chi connectivity index (χ0v) is 38.6. The van der Waals surface area contributed by atoms with Crippen LogP contribution in [0.5, 0.6) is 5.75 Å². The smallest absolute Gasteiger partial charge is 0.412 e.